The van der Waals surface area contributed by atoms with Crippen LogP contribution in [0.3, 0.4) is 0 Å². The van der Waals surface area contributed by atoms with Crippen LogP contribution in [0, 0.1) is 0 Å². The molecule has 21 heavy (non-hydrogen) atoms. The van der Waals surface area contributed by atoms with Gasteiger partial charge in [0, 0.05) is 12.0 Å². The van der Waals surface area contributed by atoms with Crippen LogP contribution in [0.5, 0.6) is 0 Å². The lowest BCUT2D eigenvalue weighted by molar-refractivity contribution is 0.337. The topological polar surface area (TPSA) is 12.0 Å². The Kier molecular flexibility index (Phi) is 2.92. The zero-order valence-corrected chi connectivity index (χ0v) is 13.1. The Labute approximate surface area is 131 Å². The molecule has 0 fully saturated rings. The molecular weight excluding hydrogens is 278 g/mol. The Morgan fingerprint density at radius 3 is 1.95 bits per heavy atom. The lowest BCUT2D eigenvalue weighted by atomic mass is 9.55. The number of rotatable bonds is 3. The molecule has 1 nitrogen and oxygen atoms in total. The van der Waals surface area contributed by atoms with Crippen LogP contribution < -0.4 is 5.32 Å². The first-order valence-electron chi connectivity index (χ1n) is 7.82. The predicted molar refractivity (Wildman–Crippen MR) is 88.1 cm³/mol. The molecule has 0 saturated carbocycles. The molecule has 0 spiro atoms. The van der Waals surface area contributed by atoms with Gasteiger partial charge in [-0.25, -0.2) is 0 Å². The van der Waals surface area contributed by atoms with Crippen molar-refractivity contribution >= 4 is 11.6 Å². The van der Waals surface area contributed by atoms with Gasteiger partial charge in [0.05, 0.1) is 4.87 Å². The maximum Gasteiger partial charge on any atom is 0.0950 e. The number of benzene rings is 2. The van der Waals surface area contributed by atoms with Crippen molar-refractivity contribution in [1.82, 2.24) is 5.32 Å². The number of nitrogens with one attached hydrogen (secondary N) is 1. The van der Waals surface area contributed by atoms with Crippen molar-refractivity contribution < 1.29 is 0 Å². The molecule has 1 N–H and O–H groups in total. The molecule has 3 aliphatic carbocycles. The van der Waals surface area contributed by atoms with Crippen molar-refractivity contribution in [2.45, 2.75) is 30.1 Å². The third kappa shape index (κ3) is 1.62. The molecule has 0 aromatic heterocycles. The molecule has 0 unspecified atom stereocenters. The fourth-order valence-corrected chi connectivity index (χ4v) is 4.75. The highest BCUT2D eigenvalue weighted by atomic mass is 35.5. The zero-order valence-electron chi connectivity index (χ0n) is 12.3. The molecule has 2 bridgehead atoms. The lowest BCUT2D eigenvalue weighted by Crippen LogP contribution is -2.51. The summed E-state index contributed by atoms with van der Waals surface area (Å²) in [5, 5.41) is 3.59. The molecule has 3 aliphatic rings. The lowest BCUT2D eigenvalue weighted by Gasteiger charge is -2.53. The summed E-state index contributed by atoms with van der Waals surface area (Å²) in [4.78, 5) is -0.332. The van der Waals surface area contributed by atoms with E-state index in [-0.39, 0.29) is 10.3 Å². The smallest absolute Gasteiger partial charge is 0.0950 e. The normalized spacial score (nSPS) is 29.0. The van der Waals surface area contributed by atoms with Crippen LogP contribution in [-0.4, -0.2) is 13.1 Å². The van der Waals surface area contributed by atoms with Gasteiger partial charge in [-0.2, -0.15) is 0 Å². The molecule has 0 aliphatic heterocycles. The largest absolute Gasteiger partial charge is 0.316 e. The highest BCUT2D eigenvalue weighted by Gasteiger charge is 2.54. The number of halogens is 1. The molecule has 5 rings (SSSR count). The van der Waals surface area contributed by atoms with E-state index in [1.54, 1.807) is 0 Å². The summed E-state index contributed by atoms with van der Waals surface area (Å²) in [6.07, 6.45) is 2.14. The van der Waals surface area contributed by atoms with E-state index in [1.807, 2.05) is 0 Å². The van der Waals surface area contributed by atoms with Crippen LogP contribution in [0.25, 0.3) is 0 Å². The van der Waals surface area contributed by atoms with Gasteiger partial charge in [0.15, 0.2) is 0 Å². The van der Waals surface area contributed by atoms with Gasteiger partial charge >= 0.3 is 0 Å². The molecule has 0 radical (unpaired) electrons. The van der Waals surface area contributed by atoms with Gasteiger partial charge in [-0.3, -0.25) is 0 Å². The second-order valence-electron chi connectivity index (χ2n) is 6.25. The van der Waals surface area contributed by atoms with Gasteiger partial charge in [0.1, 0.15) is 0 Å². The summed E-state index contributed by atoms with van der Waals surface area (Å²) >= 11 is 7.13. The molecule has 108 valence electrons. The van der Waals surface area contributed by atoms with E-state index in [0.29, 0.717) is 0 Å². The second-order valence-corrected chi connectivity index (χ2v) is 6.90. The molecular formula is C19H20ClN. The van der Waals surface area contributed by atoms with Crippen LogP contribution in [0.1, 0.15) is 42.0 Å². The minimum absolute atomic E-state index is 0.0832. The van der Waals surface area contributed by atoms with Gasteiger partial charge in [0.25, 0.3) is 0 Å². The van der Waals surface area contributed by atoms with Crippen molar-refractivity contribution in [2.24, 2.45) is 0 Å². The maximum atomic E-state index is 7.13. The zero-order chi connectivity index (χ0) is 14.5. The third-order valence-corrected chi connectivity index (χ3v) is 5.91. The minimum atomic E-state index is -0.332. The highest BCUT2D eigenvalue weighted by Crippen LogP contribution is 2.60. The summed E-state index contributed by atoms with van der Waals surface area (Å²) in [5.74, 6) is 0. The highest BCUT2D eigenvalue weighted by molar-refractivity contribution is 6.27. The molecule has 0 saturated heterocycles. The van der Waals surface area contributed by atoms with Gasteiger partial charge in [-0.1, -0.05) is 55.5 Å². The second kappa shape index (κ2) is 4.59. The van der Waals surface area contributed by atoms with E-state index >= 15 is 0 Å². The molecule has 2 aromatic carbocycles. The van der Waals surface area contributed by atoms with Crippen LogP contribution in [0.2, 0.25) is 0 Å². The SMILES string of the molecule is CCNCC12CCC(Cl)(c3ccccc31)c1ccccc12. The first-order valence-corrected chi connectivity index (χ1v) is 8.20. The molecule has 0 atom stereocenters. The average Bonchev–Trinajstić information content (AvgIpc) is 2.55. The Hall–Kier alpha value is -1.31. The number of hydrogen-bond acceptors (Lipinski definition) is 1. The summed E-state index contributed by atoms with van der Waals surface area (Å²) in [7, 11) is 0. The summed E-state index contributed by atoms with van der Waals surface area (Å²) in [6.45, 7) is 4.16. The van der Waals surface area contributed by atoms with Crippen molar-refractivity contribution in [3.63, 3.8) is 0 Å². The van der Waals surface area contributed by atoms with Crippen LogP contribution in [0.15, 0.2) is 48.5 Å². The number of likely N-dealkylation sites (N-methyl/N-ethyl adjacent to an activating group) is 1. The Morgan fingerprint density at radius 1 is 0.905 bits per heavy atom. The standard InChI is InChI=1S/C19H20ClN/c1-2-21-13-18-11-12-19(20,16-9-5-3-7-14(16)18)17-10-6-4-8-15(17)18/h3-10,21H,2,11-13H2,1H3. The summed E-state index contributed by atoms with van der Waals surface area (Å²) < 4.78 is 0. The van der Waals surface area contributed by atoms with Crippen molar-refractivity contribution in [3.05, 3.63) is 70.8 Å². The van der Waals surface area contributed by atoms with E-state index in [1.165, 1.54) is 22.3 Å². The van der Waals surface area contributed by atoms with E-state index in [0.717, 1.165) is 25.9 Å². The maximum absolute atomic E-state index is 7.13. The molecule has 2 heteroatoms. The van der Waals surface area contributed by atoms with E-state index in [4.69, 9.17) is 11.6 Å². The number of alkyl halides is 1. The van der Waals surface area contributed by atoms with Crippen molar-refractivity contribution in [2.75, 3.05) is 13.1 Å². The molecule has 0 amide bonds. The first kappa shape index (κ1) is 13.4. The minimum Gasteiger partial charge on any atom is -0.316 e. The summed E-state index contributed by atoms with van der Waals surface area (Å²) in [5.41, 5.74) is 5.56. The van der Waals surface area contributed by atoms with E-state index in [2.05, 4.69) is 60.8 Å². The van der Waals surface area contributed by atoms with Crippen LogP contribution >= 0.6 is 11.6 Å². The fraction of sp³-hybridized carbons (Fsp3) is 0.368. The van der Waals surface area contributed by atoms with E-state index in [9.17, 15) is 0 Å². The quantitative estimate of drug-likeness (QED) is 0.838. The molecule has 0 heterocycles. The third-order valence-electron chi connectivity index (χ3n) is 5.31. The molecule has 2 aromatic rings. The van der Waals surface area contributed by atoms with E-state index < -0.39 is 0 Å². The Morgan fingerprint density at radius 2 is 1.43 bits per heavy atom. The summed E-state index contributed by atoms with van der Waals surface area (Å²) in [6, 6.07) is 17.5. The van der Waals surface area contributed by atoms with Gasteiger partial charge in [-0.15, -0.1) is 11.6 Å². The average molecular weight is 298 g/mol. The monoisotopic (exact) mass is 297 g/mol. The first-order chi connectivity index (χ1) is 10.2. The van der Waals surface area contributed by atoms with Gasteiger partial charge < -0.3 is 5.32 Å². The van der Waals surface area contributed by atoms with Gasteiger partial charge in [0.2, 0.25) is 0 Å². The Balaban J connectivity index is 2.02. The van der Waals surface area contributed by atoms with Crippen LogP contribution in [0.4, 0.5) is 0 Å². The predicted octanol–water partition coefficient (Wildman–Crippen LogP) is 4.17. The number of fused-ring (bicyclic) bond motifs is 1. The van der Waals surface area contributed by atoms with Crippen molar-refractivity contribution in [3.8, 4) is 0 Å². The Bertz CT molecular complexity index is 644. The van der Waals surface area contributed by atoms with Crippen molar-refractivity contribution in [1.29, 1.82) is 0 Å². The fourth-order valence-electron chi connectivity index (χ4n) is 4.32. The van der Waals surface area contributed by atoms with Gasteiger partial charge in [-0.05, 0) is 41.6 Å². The number of hydrogen-bond donors (Lipinski definition) is 1. The van der Waals surface area contributed by atoms with Crippen LogP contribution in [-0.2, 0) is 10.3 Å².